The van der Waals surface area contributed by atoms with Crippen molar-refractivity contribution >= 4 is 23.5 Å². The SMILES string of the molecule is Cc1ccc(OCC(=O)NN=Cc2ccc(N3CCOCC3)c([N+](=O)[O-])c2)cc1. The first-order valence-corrected chi connectivity index (χ1v) is 9.15. The molecule has 0 bridgehead atoms. The molecule has 2 aromatic rings. The van der Waals surface area contributed by atoms with Gasteiger partial charge in [0.25, 0.3) is 11.6 Å². The summed E-state index contributed by atoms with van der Waals surface area (Å²) in [6.07, 6.45) is 1.36. The molecule has 9 heteroatoms. The predicted octanol–water partition coefficient (Wildman–Crippen LogP) is 2.27. The van der Waals surface area contributed by atoms with Gasteiger partial charge in [-0.2, -0.15) is 5.10 Å². The van der Waals surface area contributed by atoms with Gasteiger partial charge in [-0.05, 0) is 25.1 Å². The van der Waals surface area contributed by atoms with Gasteiger partial charge in [-0.3, -0.25) is 14.9 Å². The summed E-state index contributed by atoms with van der Waals surface area (Å²) >= 11 is 0. The Balaban J connectivity index is 1.58. The van der Waals surface area contributed by atoms with E-state index in [1.807, 2.05) is 24.0 Å². The lowest BCUT2D eigenvalue weighted by Gasteiger charge is -2.28. The van der Waals surface area contributed by atoms with Crippen LogP contribution in [0, 0.1) is 17.0 Å². The number of hydrazone groups is 1. The number of carbonyl (C=O) groups excluding carboxylic acids is 1. The third-order valence-corrected chi connectivity index (χ3v) is 4.34. The molecule has 1 amide bonds. The Kier molecular flexibility index (Phi) is 6.75. The second kappa shape index (κ2) is 9.65. The quantitative estimate of drug-likeness (QED) is 0.436. The summed E-state index contributed by atoms with van der Waals surface area (Å²) in [5.41, 5.74) is 4.49. The van der Waals surface area contributed by atoms with Crippen LogP contribution in [-0.4, -0.2) is 50.0 Å². The number of nitro benzene ring substituents is 1. The van der Waals surface area contributed by atoms with Crippen LogP contribution in [0.15, 0.2) is 47.6 Å². The fraction of sp³-hybridized carbons (Fsp3) is 0.300. The molecule has 1 fully saturated rings. The van der Waals surface area contributed by atoms with Crippen LogP contribution < -0.4 is 15.1 Å². The minimum Gasteiger partial charge on any atom is -0.484 e. The van der Waals surface area contributed by atoms with Gasteiger partial charge < -0.3 is 14.4 Å². The molecule has 3 rings (SSSR count). The summed E-state index contributed by atoms with van der Waals surface area (Å²) in [6, 6.07) is 12.2. The van der Waals surface area contributed by atoms with E-state index < -0.39 is 10.8 Å². The second-order valence-corrected chi connectivity index (χ2v) is 6.50. The van der Waals surface area contributed by atoms with Crippen LogP contribution in [0.3, 0.4) is 0 Å². The van der Waals surface area contributed by atoms with E-state index in [-0.39, 0.29) is 12.3 Å². The number of morpholine rings is 1. The van der Waals surface area contributed by atoms with E-state index in [4.69, 9.17) is 9.47 Å². The highest BCUT2D eigenvalue weighted by atomic mass is 16.6. The number of aryl methyl sites for hydroxylation is 1. The maximum Gasteiger partial charge on any atom is 0.293 e. The Morgan fingerprint density at radius 1 is 1.28 bits per heavy atom. The van der Waals surface area contributed by atoms with Gasteiger partial charge in [0.15, 0.2) is 6.61 Å². The molecule has 0 saturated carbocycles. The third kappa shape index (κ3) is 5.76. The molecule has 0 radical (unpaired) electrons. The number of anilines is 1. The highest BCUT2D eigenvalue weighted by Gasteiger charge is 2.21. The third-order valence-electron chi connectivity index (χ3n) is 4.34. The summed E-state index contributed by atoms with van der Waals surface area (Å²) in [6.45, 7) is 4.06. The minimum atomic E-state index is -0.429. The molecule has 152 valence electrons. The number of carbonyl (C=O) groups is 1. The molecule has 0 unspecified atom stereocenters. The van der Waals surface area contributed by atoms with E-state index in [0.29, 0.717) is 43.3 Å². The smallest absolute Gasteiger partial charge is 0.293 e. The molecule has 0 atom stereocenters. The van der Waals surface area contributed by atoms with Gasteiger partial charge in [-0.25, -0.2) is 5.43 Å². The van der Waals surface area contributed by atoms with Gasteiger partial charge in [0.2, 0.25) is 0 Å². The van der Waals surface area contributed by atoms with Crippen molar-refractivity contribution in [2.45, 2.75) is 6.92 Å². The largest absolute Gasteiger partial charge is 0.484 e. The van der Waals surface area contributed by atoms with Crippen LogP contribution in [0.1, 0.15) is 11.1 Å². The Morgan fingerprint density at radius 3 is 2.69 bits per heavy atom. The first kappa shape index (κ1) is 20.3. The lowest BCUT2D eigenvalue weighted by atomic mass is 10.1. The van der Waals surface area contributed by atoms with Crippen molar-refractivity contribution in [2.24, 2.45) is 5.10 Å². The van der Waals surface area contributed by atoms with Crippen molar-refractivity contribution in [1.82, 2.24) is 5.43 Å². The fourth-order valence-corrected chi connectivity index (χ4v) is 2.83. The predicted molar refractivity (Wildman–Crippen MR) is 109 cm³/mol. The van der Waals surface area contributed by atoms with E-state index in [2.05, 4.69) is 10.5 Å². The normalized spacial score (nSPS) is 14.0. The maximum absolute atomic E-state index is 11.8. The van der Waals surface area contributed by atoms with E-state index in [1.54, 1.807) is 24.3 Å². The minimum absolute atomic E-state index is 0.00937. The number of hydrogen-bond acceptors (Lipinski definition) is 7. The first-order chi connectivity index (χ1) is 14.0. The number of amides is 1. The van der Waals surface area contributed by atoms with E-state index >= 15 is 0 Å². The zero-order chi connectivity index (χ0) is 20.6. The molecule has 9 nitrogen and oxygen atoms in total. The summed E-state index contributed by atoms with van der Waals surface area (Å²) in [4.78, 5) is 24.8. The van der Waals surface area contributed by atoms with Crippen LogP contribution in [0.5, 0.6) is 5.75 Å². The molecule has 2 aromatic carbocycles. The average molecular weight is 398 g/mol. The molecule has 0 aliphatic carbocycles. The zero-order valence-corrected chi connectivity index (χ0v) is 16.0. The average Bonchev–Trinajstić information content (AvgIpc) is 2.74. The van der Waals surface area contributed by atoms with Crippen molar-refractivity contribution in [2.75, 3.05) is 37.8 Å². The topological polar surface area (TPSA) is 106 Å². The van der Waals surface area contributed by atoms with Crippen LogP contribution in [0.25, 0.3) is 0 Å². The Bertz CT molecular complexity index is 892. The maximum atomic E-state index is 11.8. The molecule has 0 aromatic heterocycles. The first-order valence-electron chi connectivity index (χ1n) is 9.15. The Labute approximate surface area is 168 Å². The number of hydrogen-bond donors (Lipinski definition) is 1. The van der Waals surface area contributed by atoms with Crippen molar-refractivity contribution in [3.05, 3.63) is 63.7 Å². The highest BCUT2D eigenvalue weighted by molar-refractivity contribution is 5.85. The van der Waals surface area contributed by atoms with Gasteiger partial charge in [0.1, 0.15) is 11.4 Å². The highest BCUT2D eigenvalue weighted by Crippen LogP contribution is 2.29. The summed E-state index contributed by atoms with van der Waals surface area (Å²) in [7, 11) is 0. The summed E-state index contributed by atoms with van der Waals surface area (Å²) < 4.78 is 10.7. The summed E-state index contributed by atoms with van der Waals surface area (Å²) in [5, 5.41) is 15.3. The number of benzene rings is 2. The van der Waals surface area contributed by atoms with E-state index in [1.165, 1.54) is 12.3 Å². The fourth-order valence-electron chi connectivity index (χ4n) is 2.83. The molecule has 1 aliphatic heterocycles. The second-order valence-electron chi connectivity index (χ2n) is 6.50. The standard InChI is InChI=1S/C20H22N4O5/c1-15-2-5-17(6-3-15)29-14-20(25)22-21-13-16-4-7-18(19(12-16)24(26)27)23-8-10-28-11-9-23/h2-7,12-13H,8-11,14H2,1H3,(H,22,25). The molecule has 1 saturated heterocycles. The van der Waals surface area contributed by atoms with E-state index in [0.717, 1.165) is 5.56 Å². The van der Waals surface area contributed by atoms with Crippen molar-refractivity contribution < 1.29 is 19.2 Å². The molecule has 0 spiro atoms. The molecule has 1 aliphatic rings. The van der Waals surface area contributed by atoms with Crippen LogP contribution in [0.2, 0.25) is 0 Å². The lowest BCUT2D eigenvalue weighted by molar-refractivity contribution is -0.384. The number of ether oxygens (including phenoxy) is 2. The monoisotopic (exact) mass is 398 g/mol. The van der Waals surface area contributed by atoms with Crippen molar-refractivity contribution in [1.29, 1.82) is 0 Å². The number of rotatable bonds is 7. The van der Waals surface area contributed by atoms with Gasteiger partial charge in [-0.15, -0.1) is 0 Å². The van der Waals surface area contributed by atoms with Crippen molar-refractivity contribution in [3.63, 3.8) is 0 Å². The van der Waals surface area contributed by atoms with Crippen LogP contribution in [0.4, 0.5) is 11.4 Å². The van der Waals surface area contributed by atoms with Crippen molar-refractivity contribution in [3.8, 4) is 5.75 Å². The van der Waals surface area contributed by atoms with Gasteiger partial charge in [-0.1, -0.05) is 23.8 Å². The zero-order valence-electron chi connectivity index (χ0n) is 16.0. The summed E-state index contributed by atoms with van der Waals surface area (Å²) in [5.74, 6) is 0.158. The molecule has 29 heavy (non-hydrogen) atoms. The van der Waals surface area contributed by atoms with Gasteiger partial charge >= 0.3 is 0 Å². The molecule has 1 N–H and O–H groups in total. The van der Waals surface area contributed by atoms with Gasteiger partial charge in [0, 0.05) is 24.7 Å². The number of nitrogens with zero attached hydrogens (tertiary/aromatic N) is 3. The number of nitro groups is 1. The van der Waals surface area contributed by atoms with Gasteiger partial charge in [0.05, 0.1) is 24.4 Å². The number of nitrogens with one attached hydrogen (secondary N) is 1. The Morgan fingerprint density at radius 2 is 2.00 bits per heavy atom. The Hall–Kier alpha value is -3.46. The van der Waals surface area contributed by atoms with E-state index in [9.17, 15) is 14.9 Å². The van der Waals surface area contributed by atoms with Crippen LogP contribution in [-0.2, 0) is 9.53 Å². The molecular weight excluding hydrogens is 376 g/mol. The lowest BCUT2D eigenvalue weighted by Crippen LogP contribution is -2.36. The molecular formula is C20H22N4O5. The molecule has 1 heterocycles. The van der Waals surface area contributed by atoms with Crippen LogP contribution >= 0.6 is 0 Å².